The molecule has 0 atom stereocenters. The number of nitrogen functional groups attached to an aromatic ring is 1. The van der Waals surface area contributed by atoms with Gasteiger partial charge in [0.15, 0.2) is 5.75 Å². The quantitative estimate of drug-likeness (QED) is 0.165. The van der Waals surface area contributed by atoms with Crippen molar-refractivity contribution in [3.8, 4) is 11.5 Å². The Morgan fingerprint density at radius 2 is 1.75 bits per heavy atom. The van der Waals surface area contributed by atoms with Gasteiger partial charge >= 0.3 is 5.97 Å². The normalized spacial score (nSPS) is 10.3. The van der Waals surface area contributed by atoms with Crippen LogP contribution in [0.1, 0.15) is 33.2 Å². The predicted octanol–water partition coefficient (Wildman–Crippen LogP) is 3.95. The molecule has 3 aromatic rings. The second kappa shape index (κ2) is 10.6. The molecular formula is C25H24N4O7. The summed E-state index contributed by atoms with van der Waals surface area (Å²) < 4.78 is 10.6. The first-order valence-corrected chi connectivity index (χ1v) is 10.6. The van der Waals surface area contributed by atoms with Crippen molar-refractivity contribution in [2.24, 2.45) is 0 Å². The zero-order chi connectivity index (χ0) is 26.6. The molecule has 3 N–H and O–H groups in total. The number of carbonyl (C=O) groups is 3. The smallest absolute Gasteiger partial charge is 0.308 e. The topological polar surface area (TPSA) is 154 Å². The molecule has 186 valence electrons. The number of benzene rings is 3. The van der Waals surface area contributed by atoms with Crippen molar-refractivity contribution in [3.05, 3.63) is 81.4 Å². The number of nitrogens with two attached hydrogens (primary N) is 1. The molecule has 0 aliphatic heterocycles. The molecule has 2 amide bonds. The lowest BCUT2D eigenvalue weighted by molar-refractivity contribution is -0.384. The minimum atomic E-state index is -0.611. The summed E-state index contributed by atoms with van der Waals surface area (Å²) in [4.78, 5) is 49.0. The standard InChI is InChI=1S/C25H24N4O7/c1-14-5-10-21(23(11-14)36-15(2)30)28(3)25(32)16-6-9-20(22(12-16)35-4)27-24(31)18-8-7-17(29(33)34)13-19(18)26/h5-13H,26H2,1-4H3,(H,27,31). The summed E-state index contributed by atoms with van der Waals surface area (Å²) in [5.41, 5.74) is 7.31. The van der Waals surface area contributed by atoms with Gasteiger partial charge in [0, 0.05) is 31.7 Å². The summed E-state index contributed by atoms with van der Waals surface area (Å²) in [6, 6.07) is 13.1. The van der Waals surface area contributed by atoms with E-state index in [1.807, 2.05) is 6.92 Å². The number of nitro benzene ring substituents is 1. The third-order valence-corrected chi connectivity index (χ3v) is 5.22. The molecule has 11 heteroatoms. The highest BCUT2D eigenvalue weighted by atomic mass is 16.6. The highest BCUT2D eigenvalue weighted by Crippen LogP contribution is 2.32. The first kappa shape index (κ1) is 25.7. The number of aryl methyl sites for hydroxylation is 1. The maximum Gasteiger partial charge on any atom is 0.308 e. The Morgan fingerprint density at radius 1 is 1.03 bits per heavy atom. The minimum absolute atomic E-state index is 0.0416. The summed E-state index contributed by atoms with van der Waals surface area (Å²) in [7, 11) is 2.92. The van der Waals surface area contributed by atoms with Gasteiger partial charge in [-0.25, -0.2) is 0 Å². The van der Waals surface area contributed by atoms with Crippen LogP contribution in [0.2, 0.25) is 0 Å². The number of amides is 2. The number of nitrogens with zero attached hydrogens (tertiary/aromatic N) is 2. The molecule has 0 saturated carbocycles. The van der Waals surface area contributed by atoms with E-state index in [0.29, 0.717) is 5.69 Å². The minimum Gasteiger partial charge on any atom is -0.495 e. The Labute approximate surface area is 206 Å². The molecule has 0 aromatic heterocycles. The van der Waals surface area contributed by atoms with Crippen LogP contribution in [-0.2, 0) is 4.79 Å². The van der Waals surface area contributed by atoms with Gasteiger partial charge in [0.2, 0.25) is 0 Å². The van der Waals surface area contributed by atoms with Gasteiger partial charge in [-0.2, -0.15) is 0 Å². The molecule has 3 rings (SSSR count). The Balaban J connectivity index is 1.86. The summed E-state index contributed by atoms with van der Waals surface area (Å²) in [6.45, 7) is 3.11. The number of carbonyl (C=O) groups excluding carboxylic acids is 3. The molecule has 36 heavy (non-hydrogen) atoms. The summed E-state index contributed by atoms with van der Waals surface area (Å²) >= 11 is 0. The molecule has 0 bridgehead atoms. The van der Waals surface area contributed by atoms with Crippen LogP contribution in [0.5, 0.6) is 11.5 Å². The van der Waals surface area contributed by atoms with Crippen LogP contribution >= 0.6 is 0 Å². The van der Waals surface area contributed by atoms with E-state index in [4.69, 9.17) is 15.2 Å². The van der Waals surface area contributed by atoms with Gasteiger partial charge in [0.1, 0.15) is 5.75 Å². The molecule has 0 heterocycles. The zero-order valence-corrected chi connectivity index (χ0v) is 20.0. The summed E-state index contributed by atoms with van der Waals surface area (Å²) in [5.74, 6) is -1.09. The highest BCUT2D eigenvalue weighted by molar-refractivity contribution is 6.10. The Hall–Kier alpha value is -4.93. The average Bonchev–Trinajstić information content (AvgIpc) is 2.82. The number of methoxy groups -OCH3 is 1. The van der Waals surface area contributed by atoms with Crippen molar-refractivity contribution in [2.45, 2.75) is 13.8 Å². The molecule has 0 spiro atoms. The lowest BCUT2D eigenvalue weighted by atomic mass is 10.1. The van der Waals surface area contributed by atoms with E-state index in [2.05, 4.69) is 5.32 Å². The fourth-order valence-corrected chi connectivity index (χ4v) is 3.43. The van der Waals surface area contributed by atoms with Gasteiger partial charge in [-0.05, 0) is 48.9 Å². The van der Waals surface area contributed by atoms with Gasteiger partial charge in [-0.15, -0.1) is 0 Å². The molecule has 0 aliphatic carbocycles. The van der Waals surface area contributed by atoms with E-state index in [-0.39, 0.29) is 39.7 Å². The van der Waals surface area contributed by atoms with Crippen molar-refractivity contribution >= 4 is 40.5 Å². The van der Waals surface area contributed by atoms with Crippen LogP contribution in [-0.4, -0.2) is 36.9 Å². The predicted molar refractivity (Wildman–Crippen MR) is 134 cm³/mol. The van der Waals surface area contributed by atoms with E-state index < -0.39 is 22.7 Å². The number of nitrogens with one attached hydrogen (secondary N) is 1. The second-order valence-electron chi connectivity index (χ2n) is 7.83. The monoisotopic (exact) mass is 492 g/mol. The number of esters is 1. The second-order valence-corrected chi connectivity index (χ2v) is 7.83. The van der Waals surface area contributed by atoms with E-state index >= 15 is 0 Å². The van der Waals surface area contributed by atoms with Crippen LogP contribution in [0.3, 0.4) is 0 Å². The number of nitro groups is 1. The first-order valence-electron chi connectivity index (χ1n) is 10.6. The molecule has 0 aliphatic rings. The van der Waals surface area contributed by atoms with E-state index in [1.165, 1.54) is 49.3 Å². The average molecular weight is 492 g/mol. The van der Waals surface area contributed by atoms with Crippen LogP contribution in [0.15, 0.2) is 54.6 Å². The van der Waals surface area contributed by atoms with Gasteiger partial charge < -0.3 is 25.4 Å². The lowest BCUT2D eigenvalue weighted by Gasteiger charge is -2.21. The van der Waals surface area contributed by atoms with Crippen molar-refractivity contribution < 1.29 is 28.8 Å². The van der Waals surface area contributed by atoms with E-state index in [1.54, 1.807) is 25.2 Å². The Bertz CT molecular complexity index is 1370. The van der Waals surface area contributed by atoms with Crippen LogP contribution in [0.25, 0.3) is 0 Å². The fourth-order valence-electron chi connectivity index (χ4n) is 3.43. The molecule has 0 saturated heterocycles. The SMILES string of the molecule is COc1cc(C(=O)N(C)c2ccc(C)cc2OC(C)=O)ccc1NC(=O)c1ccc([N+](=O)[O-])cc1N. The van der Waals surface area contributed by atoms with E-state index in [9.17, 15) is 24.5 Å². The summed E-state index contributed by atoms with van der Waals surface area (Å²) in [5, 5.41) is 13.5. The van der Waals surface area contributed by atoms with Crippen molar-refractivity contribution in [1.82, 2.24) is 0 Å². The number of hydrogen-bond donors (Lipinski definition) is 2. The molecule has 3 aromatic carbocycles. The van der Waals surface area contributed by atoms with Crippen molar-refractivity contribution in [1.29, 1.82) is 0 Å². The van der Waals surface area contributed by atoms with Gasteiger partial charge in [0.05, 0.1) is 34.7 Å². The number of rotatable bonds is 7. The van der Waals surface area contributed by atoms with Crippen LogP contribution in [0.4, 0.5) is 22.7 Å². The maximum absolute atomic E-state index is 13.2. The molecule has 11 nitrogen and oxygen atoms in total. The van der Waals surface area contributed by atoms with Crippen LogP contribution < -0.4 is 25.4 Å². The van der Waals surface area contributed by atoms with Gasteiger partial charge in [-0.1, -0.05) is 6.07 Å². The molecular weight excluding hydrogens is 468 g/mol. The fraction of sp³-hybridized carbons (Fsp3) is 0.160. The number of non-ortho nitro benzene ring substituents is 1. The lowest BCUT2D eigenvalue weighted by Crippen LogP contribution is -2.27. The van der Waals surface area contributed by atoms with E-state index in [0.717, 1.165) is 11.6 Å². The zero-order valence-electron chi connectivity index (χ0n) is 20.0. The van der Waals surface area contributed by atoms with Crippen LogP contribution in [0, 0.1) is 17.0 Å². The van der Waals surface area contributed by atoms with Crippen molar-refractivity contribution in [3.63, 3.8) is 0 Å². The molecule has 0 unspecified atom stereocenters. The molecule has 0 fully saturated rings. The van der Waals surface area contributed by atoms with Gasteiger partial charge in [-0.3, -0.25) is 24.5 Å². The maximum atomic E-state index is 13.2. The first-order chi connectivity index (χ1) is 17.0. The van der Waals surface area contributed by atoms with Gasteiger partial charge in [0.25, 0.3) is 17.5 Å². The highest BCUT2D eigenvalue weighted by Gasteiger charge is 2.21. The third kappa shape index (κ3) is 5.58. The number of hydrogen-bond acceptors (Lipinski definition) is 8. The third-order valence-electron chi connectivity index (χ3n) is 5.22. The summed E-state index contributed by atoms with van der Waals surface area (Å²) in [6.07, 6.45) is 0. The number of ether oxygens (including phenoxy) is 2. The molecule has 0 radical (unpaired) electrons. The Kier molecular flexibility index (Phi) is 7.53. The number of anilines is 3. The largest absolute Gasteiger partial charge is 0.495 e. The Morgan fingerprint density at radius 3 is 2.36 bits per heavy atom. The van der Waals surface area contributed by atoms with Crippen molar-refractivity contribution in [2.75, 3.05) is 30.1 Å².